The predicted octanol–water partition coefficient (Wildman–Crippen LogP) is 2.54. The van der Waals surface area contributed by atoms with E-state index in [1.165, 1.54) is 10.5 Å². The van der Waals surface area contributed by atoms with Gasteiger partial charge in [0.15, 0.2) is 0 Å². The summed E-state index contributed by atoms with van der Waals surface area (Å²) >= 11 is 0. The van der Waals surface area contributed by atoms with Gasteiger partial charge in [0.2, 0.25) is 10.0 Å². The van der Waals surface area contributed by atoms with Crippen molar-refractivity contribution in [3.8, 4) is 0 Å². The molecule has 0 aliphatic carbocycles. The van der Waals surface area contributed by atoms with Crippen molar-refractivity contribution in [3.05, 3.63) is 48.2 Å². The van der Waals surface area contributed by atoms with Gasteiger partial charge in [-0.05, 0) is 42.7 Å². The molecule has 134 valence electrons. The average molecular weight is 360 g/mol. The van der Waals surface area contributed by atoms with E-state index < -0.39 is 10.0 Å². The molecule has 1 saturated heterocycles. The summed E-state index contributed by atoms with van der Waals surface area (Å²) in [5, 5.41) is 3.22. The largest absolute Gasteiger partial charge is 0.378 e. The van der Waals surface area contributed by atoms with Gasteiger partial charge in [-0.2, -0.15) is 4.31 Å². The summed E-state index contributed by atoms with van der Waals surface area (Å²) in [6.07, 6.45) is 3.29. The number of hydrogen-bond donors (Lipinski definition) is 1. The van der Waals surface area contributed by atoms with Crippen LogP contribution in [0, 0.1) is 0 Å². The number of pyridine rings is 1. The van der Waals surface area contributed by atoms with Crippen molar-refractivity contribution in [1.29, 1.82) is 0 Å². The van der Waals surface area contributed by atoms with Gasteiger partial charge in [0.05, 0.1) is 0 Å². The minimum absolute atomic E-state index is 0.260. The monoisotopic (exact) mass is 360 g/mol. The third-order valence-electron chi connectivity index (χ3n) is 4.37. The predicted molar refractivity (Wildman–Crippen MR) is 100 cm³/mol. The fourth-order valence-corrected chi connectivity index (χ4v) is 4.28. The maximum atomic E-state index is 12.5. The van der Waals surface area contributed by atoms with Crippen LogP contribution < -0.4 is 10.2 Å². The quantitative estimate of drug-likeness (QED) is 0.858. The number of anilines is 2. The fraction of sp³-hybridized carbons (Fsp3) is 0.389. The molecular weight excluding hydrogens is 336 g/mol. The number of benzene rings is 1. The Morgan fingerprint density at radius 3 is 2.32 bits per heavy atom. The molecule has 1 aromatic carbocycles. The molecule has 0 unspecified atom stereocenters. The molecule has 25 heavy (non-hydrogen) atoms. The van der Waals surface area contributed by atoms with Crippen LogP contribution in [0.15, 0.2) is 47.5 Å². The van der Waals surface area contributed by atoms with Crippen molar-refractivity contribution < 1.29 is 8.42 Å². The zero-order chi connectivity index (χ0) is 17.9. The van der Waals surface area contributed by atoms with Crippen LogP contribution in [0.25, 0.3) is 0 Å². The second kappa shape index (κ2) is 7.41. The van der Waals surface area contributed by atoms with Crippen LogP contribution in [0.4, 0.5) is 11.5 Å². The van der Waals surface area contributed by atoms with Crippen LogP contribution in [0.1, 0.15) is 18.4 Å². The number of hydrogen-bond acceptors (Lipinski definition) is 5. The van der Waals surface area contributed by atoms with Gasteiger partial charge in [-0.25, -0.2) is 13.4 Å². The van der Waals surface area contributed by atoms with Crippen LogP contribution in [0.2, 0.25) is 0 Å². The van der Waals surface area contributed by atoms with E-state index in [2.05, 4.69) is 39.5 Å². The highest BCUT2D eigenvalue weighted by molar-refractivity contribution is 7.89. The van der Waals surface area contributed by atoms with E-state index in [0.717, 1.165) is 24.1 Å². The number of nitrogens with one attached hydrogen (secondary N) is 1. The molecule has 1 aliphatic heterocycles. The first-order valence-corrected chi connectivity index (χ1v) is 9.87. The zero-order valence-electron chi connectivity index (χ0n) is 14.6. The number of sulfonamides is 1. The van der Waals surface area contributed by atoms with E-state index in [4.69, 9.17) is 0 Å². The lowest BCUT2D eigenvalue weighted by molar-refractivity contribution is 0.477. The summed E-state index contributed by atoms with van der Waals surface area (Å²) in [6.45, 7) is 1.84. The molecule has 1 aromatic heterocycles. The van der Waals surface area contributed by atoms with Crippen molar-refractivity contribution >= 4 is 21.5 Å². The van der Waals surface area contributed by atoms with E-state index in [1.54, 1.807) is 12.1 Å². The van der Waals surface area contributed by atoms with Crippen LogP contribution in [-0.4, -0.2) is 44.9 Å². The van der Waals surface area contributed by atoms with Gasteiger partial charge in [-0.1, -0.05) is 12.1 Å². The Morgan fingerprint density at radius 1 is 1.08 bits per heavy atom. The molecule has 1 N–H and O–H groups in total. The maximum absolute atomic E-state index is 12.5. The second-order valence-electron chi connectivity index (χ2n) is 6.40. The zero-order valence-corrected chi connectivity index (χ0v) is 15.5. The molecule has 0 saturated carbocycles. The molecule has 2 heterocycles. The summed E-state index contributed by atoms with van der Waals surface area (Å²) in [5.74, 6) is 0.664. The van der Waals surface area contributed by atoms with Gasteiger partial charge < -0.3 is 10.2 Å². The highest BCUT2D eigenvalue weighted by Crippen LogP contribution is 2.21. The lowest BCUT2D eigenvalue weighted by atomic mass is 10.2. The first-order chi connectivity index (χ1) is 12.0. The van der Waals surface area contributed by atoms with Gasteiger partial charge in [-0.15, -0.1) is 0 Å². The van der Waals surface area contributed by atoms with Crippen LogP contribution in [0.5, 0.6) is 0 Å². The molecule has 2 aromatic rings. The summed E-state index contributed by atoms with van der Waals surface area (Å²) in [5.41, 5.74) is 2.29. The number of aromatic nitrogens is 1. The maximum Gasteiger partial charge on any atom is 0.244 e. The Balaban J connectivity index is 1.62. The van der Waals surface area contributed by atoms with Crippen LogP contribution >= 0.6 is 0 Å². The van der Waals surface area contributed by atoms with Gasteiger partial charge >= 0.3 is 0 Å². The summed E-state index contributed by atoms with van der Waals surface area (Å²) in [7, 11) is 0.621. The third kappa shape index (κ3) is 4.11. The molecule has 7 heteroatoms. The standard InChI is InChI=1S/C18H24N4O2S/c1-21(2)16-7-5-15(6-8-16)13-19-18-10-9-17(14-20-18)25(23,24)22-11-3-4-12-22/h5-10,14H,3-4,11-13H2,1-2H3,(H,19,20). The van der Waals surface area contributed by atoms with Crippen molar-refractivity contribution in [2.24, 2.45) is 0 Å². The van der Waals surface area contributed by atoms with Gasteiger partial charge in [-0.3, -0.25) is 0 Å². The molecule has 0 bridgehead atoms. The number of nitrogens with zero attached hydrogens (tertiary/aromatic N) is 3. The molecular formula is C18H24N4O2S. The van der Waals surface area contributed by atoms with Gasteiger partial charge in [0.1, 0.15) is 10.7 Å². The van der Waals surface area contributed by atoms with Crippen molar-refractivity contribution in [2.45, 2.75) is 24.3 Å². The Labute approximate surface area is 149 Å². The summed E-state index contributed by atoms with van der Waals surface area (Å²) in [6, 6.07) is 11.6. The first-order valence-electron chi connectivity index (χ1n) is 8.43. The molecule has 6 nitrogen and oxygen atoms in total. The smallest absolute Gasteiger partial charge is 0.244 e. The molecule has 0 atom stereocenters. The third-order valence-corrected chi connectivity index (χ3v) is 6.25. The highest BCUT2D eigenvalue weighted by atomic mass is 32.2. The van der Waals surface area contributed by atoms with Crippen molar-refractivity contribution in [1.82, 2.24) is 9.29 Å². The summed E-state index contributed by atoms with van der Waals surface area (Å²) in [4.78, 5) is 6.57. The molecule has 0 amide bonds. The highest BCUT2D eigenvalue weighted by Gasteiger charge is 2.27. The van der Waals surface area contributed by atoms with E-state index in [9.17, 15) is 8.42 Å². The Kier molecular flexibility index (Phi) is 5.24. The second-order valence-corrected chi connectivity index (χ2v) is 8.34. The van der Waals surface area contributed by atoms with Crippen LogP contribution in [0.3, 0.4) is 0 Å². The van der Waals surface area contributed by atoms with E-state index in [0.29, 0.717) is 25.5 Å². The Morgan fingerprint density at radius 2 is 1.76 bits per heavy atom. The van der Waals surface area contributed by atoms with Crippen molar-refractivity contribution in [3.63, 3.8) is 0 Å². The average Bonchev–Trinajstić information content (AvgIpc) is 3.16. The lowest BCUT2D eigenvalue weighted by Crippen LogP contribution is -2.27. The molecule has 3 rings (SSSR count). The minimum atomic E-state index is -3.40. The lowest BCUT2D eigenvalue weighted by Gasteiger charge is -2.15. The van der Waals surface area contributed by atoms with Gasteiger partial charge in [0, 0.05) is 45.6 Å². The van der Waals surface area contributed by atoms with Gasteiger partial charge in [0.25, 0.3) is 0 Å². The molecule has 1 aliphatic rings. The Hall–Kier alpha value is -2.12. The van der Waals surface area contributed by atoms with E-state index in [1.807, 2.05) is 14.1 Å². The summed E-state index contributed by atoms with van der Waals surface area (Å²) < 4.78 is 26.5. The van der Waals surface area contributed by atoms with E-state index >= 15 is 0 Å². The topological polar surface area (TPSA) is 65.5 Å². The SMILES string of the molecule is CN(C)c1ccc(CNc2ccc(S(=O)(=O)N3CCCC3)cn2)cc1. The first kappa shape index (κ1) is 17.7. The number of rotatable bonds is 6. The normalized spacial score (nSPS) is 15.3. The fourth-order valence-electron chi connectivity index (χ4n) is 2.82. The molecule has 0 radical (unpaired) electrons. The van der Waals surface area contributed by atoms with Crippen molar-refractivity contribution in [2.75, 3.05) is 37.4 Å². The van der Waals surface area contributed by atoms with Crippen LogP contribution in [-0.2, 0) is 16.6 Å². The minimum Gasteiger partial charge on any atom is -0.378 e. The van der Waals surface area contributed by atoms with E-state index in [-0.39, 0.29) is 4.90 Å². The molecule has 0 spiro atoms. The molecule has 1 fully saturated rings. The Bertz CT molecular complexity index is 796.